The summed E-state index contributed by atoms with van der Waals surface area (Å²) in [7, 11) is 1.65. The lowest BCUT2D eigenvalue weighted by atomic mass is 10.1. The zero-order valence-electron chi connectivity index (χ0n) is 13.6. The van der Waals surface area contributed by atoms with Crippen molar-refractivity contribution >= 4 is 17.3 Å². The average Bonchev–Trinajstić information content (AvgIpc) is 3.50. The highest BCUT2D eigenvalue weighted by Gasteiger charge is 2.14. The van der Waals surface area contributed by atoms with E-state index in [-0.39, 0.29) is 11.6 Å². The lowest BCUT2D eigenvalue weighted by Crippen LogP contribution is -2.26. The molecule has 3 rings (SSSR count). The second kappa shape index (κ2) is 8.21. The molecule has 0 atom stereocenters. The minimum atomic E-state index is -0.497. The molecule has 0 aromatic heterocycles. The highest BCUT2D eigenvalue weighted by atomic mass is 16.6. The van der Waals surface area contributed by atoms with Crippen LogP contribution in [0.15, 0.2) is 48.5 Å². The molecule has 0 radical (unpaired) electrons. The van der Waals surface area contributed by atoms with Crippen molar-refractivity contribution in [3.63, 3.8) is 0 Å². The van der Waals surface area contributed by atoms with Crippen LogP contribution in [0.4, 0.5) is 11.4 Å². The second-order valence-corrected chi connectivity index (χ2v) is 5.60. The zero-order valence-corrected chi connectivity index (χ0v) is 13.6. The van der Waals surface area contributed by atoms with Crippen LogP contribution in [0, 0.1) is 10.1 Å². The zero-order chi connectivity index (χ0) is 17.5. The summed E-state index contributed by atoms with van der Waals surface area (Å²) >= 11 is 0. The van der Waals surface area contributed by atoms with Gasteiger partial charge in [-0.25, -0.2) is 0 Å². The Bertz CT molecular complexity index is 692. The van der Waals surface area contributed by atoms with E-state index in [1.165, 1.54) is 48.4 Å². The van der Waals surface area contributed by atoms with Crippen LogP contribution >= 0.6 is 0 Å². The highest BCUT2D eigenvalue weighted by molar-refractivity contribution is 6.05. The monoisotopic (exact) mass is 327 g/mol. The van der Waals surface area contributed by atoms with Gasteiger partial charge in [0.1, 0.15) is 0 Å². The summed E-state index contributed by atoms with van der Waals surface area (Å²) in [5.74, 6) is -0.231. The fraction of sp³-hybridized carbons (Fsp3) is 0.278. The van der Waals surface area contributed by atoms with Crippen LogP contribution in [-0.4, -0.2) is 17.9 Å². The van der Waals surface area contributed by atoms with Gasteiger partial charge in [0.05, 0.1) is 4.92 Å². The van der Waals surface area contributed by atoms with Crippen molar-refractivity contribution in [2.24, 2.45) is 5.73 Å². The van der Waals surface area contributed by atoms with Crippen LogP contribution < -0.4 is 10.6 Å². The quantitative estimate of drug-likeness (QED) is 0.687. The molecule has 1 aliphatic rings. The molecule has 126 valence electrons. The molecular weight excluding hydrogens is 306 g/mol. The predicted octanol–water partition coefficient (Wildman–Crippen LogP) is 3.50. The Kier molecular flexibility index (Phi) is 6.03. The molecule has 1 fully saturated rings. The van der Waals surface area contributed by atoms with Crippen LogP contribution in [0.5, 0.6) is 0 Å². The van der Waals surface area contributed by atoms with Crippen LogP contribution in [0.2, 0.25) is 0 Å². The number of rotatable bonds is 4. The molecule has 6 heteroatoms. The van der Waals surface area contributed by atoms with Gasteiger partial charge in [0.2, 0.25) is 0 Å². The normalized spacial score (nSPS) is 11.9. The molecular formula is C18H21N3O3. The number of carbonyl (C=O) groups excluding carboxylic acids is 1. The lowest BCUT2D eigenvalue weighted by molar-refractivity contribution is -0.384. The van der Waals surface area contributed by atoms with Gasteiger partial charge in [-0.1, -0.05) is 31.4 Å². The maximum absolute atomic E-state index is 12.3. The second-order valence-electron chi connectivity index (χ2n) is 5.60. The van der Waals surface area contributed by atoms with Gasteiger partial charge in [-0.3, -0.25) is 14.9 Å². The molecule has 0 unspecified atom stereocenters. The van der Waals surface area contributed by atoms with Crippen LogP contribution in [-0.2, 0) is 6.54 Å². The van der Waals surface area contributed by atoms with E-state index >= 15 is 0 Å². The third-order valence-corrected chi connectivity index (χ3v) is 3.54. The Labute approximate surface area is 141 Å². The SMILES string of the molecule is C1CC1.CN(C(=O)c1ccc([N+](=O)[O-])cc1)c1ccc(CN)cc1. The summed E-state index contributed by atoms with van der Waals surface area (Å²) in [5.41, 5.74) is 7.60. The molecule has 0 saturated heterocycles. The maximum atomic E-state index is 12.3. The Morgan fingerprint density at radius 3 is 2.04 bits per heavy atom. The van der Waals surface area contributed by atoms with Crippen LogP contribution in [0.3, 0.4) is 0 Å². The first-order chi connectivity index (χ1) is 11.5. The molecule has 2 N–H and O–H groups in total. The maximum Gasteiger partial charge on any atom is 0.269 e. The summed E-state index contributed by atoms with van der Waals surface area (Å²) in [6.45, 7) is 0.445. The van der Waals surface area contributed by atoms with E-state index in [0.717, 1.165) is 11.3 Å². The van der Waals surface area contributed by atoms with Crippen molar-refractivity contribution in [3.05, 3.63) is 69.8 Å². The van der Waals surface area contributed by atoms with Gasteiger partial charge in [-0.05, 0) is 29.8 Å². The standard InChI is InChI=1S/C15H15N3O3.C3H6/c1-17(13-6-2-11(10-16)3-7-13)15(19)12-4-8-14(9-5-12)18(20)21;1-2-3-1/h2-9H,10,16H2,1H3;1-3H2. The first kappa shape index (κ1) is 17.6. The van der Waals surface area contributed by atoms with Gasteiger partial charge in [0.15, 0.2) is 0 Å². The number of carbonyl (C=O) groups is 1. The number of anilines is 1. The Morgan fingerprint density at radius 1 is 1.08 bits per heavy atom. The number of nitro groups is 1. The topological polar surface area (TPSA) is 89.5 Å². The number of nitrogens with two attached hydrogens (primary N) is 1. The lowest BCUT2D eigenvalue weighted by Gasteiger charge is -2.17. The first-order valence-electron chi connectivity index (χ1n) is 7.84. The number of benzene rings is 2. The fourth-order valence-corrected chi connectivity index (χ4v) is 1.89. The van der Waals surface area contributed by atoms with Crippen molar-refractivity contribution in [2.45, 2.75) is 25.8 Å². The molecule has 0 heterocycles. The molecule has 1 aliphatic carbocycles. The predicted molar refractivity (Wildman–Crippen MR) is 94.0 cm³/mol. The molecule has 0 spiro atoms. The van der Waals surface area contributed by atoms with E-state index in [1.54, 1.807) is 7.05 Å². The van der Waals surface area contributed by atoms with Gasteiger partial charge < -0.3 is 10.6 Å². The van der Waals surface area contributed by atoms with Crippen molar-refractivity contribution in [2.75, 3.05) is 11.9 Å². The van der Waals surface area contributed by atoms with Gasteiger partial charge in [0, 0.05) is 37.0 Å². The summed E-state index contributed by atoms with van der Waals surface area (Å²) < 4.78 is 0. The van der Waals surface area contributed by atoms with E-state index in [9.17, 15) is 14.9 Å². The van der Waals surface area contributed by atoms with Gasteiger partial charge in [-0.2, -0.15) is 0 Å². The van der Waals surface area contributed by atoms with Crippen molar-refractivity contribution in [3.8, 4) is 0 Å². The Balaban J connectivity index is 0.000000623. The van der Waals surface area contributed by atoms with E-state index in [4.69, 9.17) is 5.73 Å². The van der Waals surface area contributed by atoms with Gasteiger partial charge in [-0.15, -0.1) is 0 Å². The number of nitrogens with zero attached hydrogens (tertiary/aromatic N) is 2. The molecule has 0 bridgehead atoms. The summed E-state index contributed by atoms with van der Waals surface area (Å²) in [6, 6.07) is 12.9. The third-order valence-electron chi connectivity index (χ3n) is 3.54. The van der Waals surface area contributed by atoms with Crippen molar-refractivity contribution in [1.29, 1.82) is 0 Å². The number of non-ortho nitro benzene ring substituents is 1. The summed E-state index contributed by atoms with van der Waals surface area (Å²) in [5, 5.41) is 10.6. The van der Waals surface area contributed by atoms with E-state index in [2.05, 4.69) is 0 Å². The number of hydrogen-bond acceptors (Lipinski definition) is 4. The summed E-state index contributed by atoms with van der Waals surface area (Å²) in [6.07, 6.45) is 4.50. The van der Waals surface area contributed by atoms with E-state index in [0.29, 0.717) is 12.1 Å². The summed E-state index contributed by atoms with van der Waals surface area (Å²) in [4.78, 5) is 23.9. The van der Waals surface area contributed by atoms with Crippen LogP contribution in [0.1, 0.15) is 35.2 Å². The Hall–Kier alpha value is -2.73. The molecule has 1 saturated carbocycles. The largest absolute Gasteiger partial charge is 0.326 e. The molecule has 0 aliphatic heterocycles. The van der Waals surface area contributed by atoms with Gasteiger partial charge in [0.25, 0.3) is 11.6 Å². The molecule has 1 amide bonds. The minimum absolute atomic E-state index is 0.0403. The molecule has 6 nitrogen and oxygen atoms in total. The number of amides is 1. The highest BCUT2D eigenvalue weighted by Crippen LogP contribution is 2.18. The third kappa shape index (κ3) is 4.89. The smallest absolute Gasteiger partial charge is 0.269 e. The first-order valence-corrected chi connectivity index (χ1v) is 7.84. The average molecular weight is 327 g/mol. The minimum Gasteiger partial charge on any atom is -0.326 e. The number of nitro benzene ring substituents is 1. The molecule has 2 aromatic rings. The molecule has 24 heavy (non-hydrogen) atoms. The fourth-order valence-electron chi connectivity index (χ4n) is 1.89. The van der Waals surface area contributed by atoms with Crippen LogP contribution in [0.25, 0.3) is 0 Å². The van der Waals surface area contributed by atoms with Gasteiger partial charge >= 0.3 is 0 Å². The van der Waals surface area contributed by atoms with Crippen molar-refractivity contribution < 1.29 is 9.72 Å². The van der Waals surface area contributed by atoms with Crippen molar-refractivity contribution in [1.82, 2.24) is 0 Å². The van der Waals surface area contributed by atoms with E-state index < -0.39 is 4.92 Å². The molecule has 2 aromatic carbocycles. The van der Waals surface area contributed by atoms with E-state index in [1.807, 2.05) is 24.3 Å². The number of hydrogen-bond donors (Lipinski definition) is 1. The Morgan fingerprint density at radius 2 is 1.62 bits per heavy atom.